The summed E-state index contributed by atoms with van der Waals surface area (Å²) in [5, 5.41) is 14.1. The minimum atomic E-state index is -1.32. The fourth-order valence-corrected chi connectivity index (χ4v) is 3.59. The molecule has 0 bridgehead atoms. The minimum absolute atomic E-state index is 0.188. The summed E-state index contributed by atoms with van der Waals surface area (Å²) in [5.41, 5.74) is -2.01. The highest BCUT2D eigenvalue weighted by molar-refractivity contribution is 7.12. The Morgan fingerprint density at radius 2 is 2.18 bits per heavy atom. The van der Waals surface area contributed by atoms with Gasteiger partial charge in [-0.1, -0.05) is 13.8 Å². The molecule has 2 unspecified atom stereocenters. The number of nitrogens with one attached hydrogen (secondary N) is 1. The fraction of sp³-hybridized carbons (Fsp3) is 0.600. The average molecular weight is 327 g/mol. The molecule has 2 N–H and O–H groups in total. The first-order valence-electron chi connectivity index (χ1n) is 7.08. The first-order chi connectivity index (χ1) is 10.3. The smallest absolute Gasteiger partial charge is 0.330 e. The van der Waals surface area contributed by atoms with Crippen molar-refractivity contribution in [2.24, 2.45) is 5.41 Å². The summed E-state index contributed by atoms with van der Waals surface area (Å²) in [6, 6.07) is 1.60. The van der Waals surface area contributed by atoms with E-state index in [0.717, 1.165) is 0 Å². The van der Waals surface area contributed by atoms with Crippen molar-refractivity contribution in [2.45, 2.75) is 38.8 Å². The summed E-state index contributed by atoms with van der Waals surface area (Å²) in [7, 11) is 1.52. The molecule has 7 heteroatoms. The minimum Gasteiger partial charge on any atom is -0.496 e. The Bertz CT molecular complexity index is 582. The van der Waals surface area contributed by atoms with E-state index in [2.05, 4.69) is 5.32 Å². The summed E-state index contributed by atoms with van der Waals surface area (Å²) < 4.78 is 10.6. The third kappa shape index (κ3) is 2.48. The Labute approximate surface area is 133 Å². The number of hydrogen-bond donors (Lipinski definition) is 2. The number of amides is 1. The lowest BCUT2D eigenvalue weighted by molar-refractivity contribution is -0.190. The lowest BCUT2D eigenvalue weighted by Crippen LogP contribution is -2.76. The van der Waals surface area contributed by atoms with Crippen molar-refractivity contribution in [1.82, 2.24) is 5.32 Å². The van der Waals surface area contributed by atoms with Gasteiger partial charge in [-0.2, -0.15) is 0 Å². The van der Waals surface area contributed by atoms with Crippen LogP contribution in [-0.4, -0.2) is 42.3 Å². The Kier molecular flexibility index (Phi) is 4.49. The van der Waals surface area contributed by atoms with Gasteiger partial charge >= 0.3 is 5.97 Å². The number of carbonyl (C=O) groups is 2. The zero-order chi connectivity index (χ0) is 16.5. The second-order valence-electron chi connectivity index (χ2n) is 5.89. The molecular formula is C15H21NO5S. The molecule has 0 aliphatic heterocycles. The Morgan fingerprint density at radius 3 is 2.64 bits per heavy atom. The highest BCUT2D eigenvalue weighted by atomic mass is 32.1. The van der Waals surface area contributed by atoms with E-state index in [4.69, 9.17) is 9.47 Å². The molecular weight excluding hydrogens is 306 g/mol. The molecule has 0 radical (unpaired) electrons. The van der Waals surface area contributed by atoms with Crippen LogP contribution in [0.5, 0.6) is 5.75 Å². The molecule has 1 amide bonds. The van der Waals surface area contributed by atoms with Crippen LogP contribution in [0.25, 0.3) is 0 Å². The summed E-state index contributed by atoms with van der Waals surface area (Å²) >= 11 is 1.22. The van der Waals surface area contributed by atoms with Crippen molar-refractivity contribution >= 4 is 23.2 Å². The highest BCUT2D eigenvalue weighted by Crippen LogP contribution is 2.51. The SMILES string of the molecule is CCOC1CC(NC(=O)c2cc(OC)cs2)(C(=O)O)C1(C)C. The van der Waals surface area contributed by atoms with Gasteiger partial charge in [0.25, 0.3) is 5.91 Å². The number of carbonyl (C=O) groups excluding carboxylic acids is 1. The molecule has 1 aromatic rings. The van der Waals surface area contributed by atoms with E-state index >= 15 is 0 Å². The van der Waals surface area contributed by atoms with Crippen LogP contribution in [0.3, 0.4) is 0 Å². The largest absolute Gasteiger partial charge is 0.496 e. The maximum Gasteiger partial charge on any atom is 0.330 e. The van der Waals surface area contributed by atoms with Crippen molar-refractivity contribution in [3.63, 3.8) is 0 Å². The normalized spacial score (nSPS) is 26.1. The first-order valence-corrected chi connectivity index (χ1v) is 7.96. The van der Waals surface area contributed by atoms with Crippen LogP contribution >= 0.6 is 11.3 Å². The second kappa shape index (κ2) is 5.89. The summed E-state index contributed by atoms with van der Waals surface area (Å²) in [6.07, 6.45) is 0.0732. The molecule has 6 nitrogen and oxygen atoms in total. The van der Waals surface area contributed by atoms with E-state index in [1.807, 2.05) is 6.92 Å². The van der Waals surface area contributed by atoms with Crippen LogP contribution < -0.4 is 10.1 Å². The van der Waals surface area contributed by atoms with Gasteiger partial charge in [0.05, 0.1) is 18.1 Å². The Hall–Kier alpha value is -1.60. The first kappa shape index (κ1) is 16.8. The molecule has 1 saturated carbocycles. The molecule has 1 heterocycles. The predicted octanol–water partition coefficient (Wildman–Crippen LogP) is 2.14. The monoisotopic (exact) mass is 327 g/mol. The molecule has 0 aromatic carbocycles. The summed E-state index contributed by atoms with van der Waals surface area (Å²) in [4.78, 5) is 24.6. The zero-order valence-corrected chi connectivity index (χ0v) is 14.0. The molecule has 0 saturated heterocycles. The highest BCUT2D eigenvalue weighted by Gasteiger charge is 2.66. The molecule has 2 atom stereocenters. The maximum atomic E-state index is 12.4. The van der Waals surface area contributed by atoms with Crippen molar-refractivity contribution < 1.29 is 24.2 Å². The fourth-order valence-electron chi connectivity index (χ4n) is 2.84. The number of carboxylic acids is 1. The lowest BCUT2D eigenvalue weighted by atomic mass is 9.54. The van der Waals surface area contributed by atoms with Gasteiger partial charge in [-0.15, -0.1) is 11.3 Å². The van der Waals surface area contributed by atoms with Crippen LogP contribution in [0.2, 0.25) is 0 Å². The summed E-state index contributed by atoms with van der Waals surface area (Å²) in [6.45, 7) is 5.99. The third-order valence-electron chi connectivity index (χ3n) is 4.49. The molecule has 1 aliphatic rings. The zero-order valence-electron chi connectivity index (χ0n) is 13.1. The van der Waals surface area contributed by atoms with Gasteiger partial charge in [0.15, 0.2) is 0 Å². The van der Waals surface area contributed by atoms with E-state index in [9.17, 15) is 14.7 Å². The van der Waals surface area contributed by atoms with Gasteiger partial charge in [0.1, 0.15) is 11.3 Å². The molecule has 122 valence electrons. The van der Waals surface area contributed by atoms with Gasteiger partial charge in [-0.25, -0.2) is 4.79 Å². The average Bonchev–Trinajstić information content (AvgIpc) is 2.94. The summed E-state index contributed by atoms with van der Waals surface area (Å²) in [5.74, 6) is -0.858. The predicted molar refractivity (Wildman–Crippen MR) is 82.5 cm³/mol. The van der Waals surface area contributed by atoms with Gasteiger partial charge < -0.3 is 19.9 Å². The van der Waals surface area contributed by atoms with Gasteiger partial charge in [0, 0.05) is 29.9 Å². The number of rotatable bonds is 6. The topological polar surface area (TPSA) is 84.9 Å². The number of aliphatic carboxylic acids is 1. The molecule has 1 aromatic heterocycles. The van der Waals surface area contributed by atoms with Crippen molar-refractivity contribution in [3.05, 3.63) is 16.3 Å². The van der Waals surface area contributed by atoms with E-state index in [1.165, 1.54) is 18.4 Å². The molecule has 22 heavy (non-hydrogen) atoms. The molecule has 0 spiro atoms. The van der Waals surface area contributed by atoms with Crippen LogP contribution in [0.15, 0.2) is 11.4 Å². The third-order valence-corrected chi connectivity index (χ3v) is 5.40. The number of hydrogen-bond acceptors (Lipinski definition) is 5. The van der Waals surface area contributed by atoms with Gasteiger partial charge in [-0.05, 0) is 6.92 Å². The van der Waals surface area contributed by atoms with E-state index in [-0.39, 0.29) is 12.5 Å². The molecule has 1 fully saturated rings. The van der Waals surface area contributed by atoms with Crippen molar-refractivity contribution in [3.8, 4) is 5.75 Å². The Morgan fingerprint density at radius 1 is 1.50 bits per heavy atom. The quantitative estimate of drug-likeness (QED) is 0.836. The van der Waals surface area contributed by atoms with Crippen LogP contribution in [0.1, 0.15) is 36.9 Å². The number of methoxy groups -OCH3 is 1. The van der Waals surface area contributed by atoms with E-state index < -0.39 is 22.8 Å². The van der Waals surface area contributed by atoms with Crippen LogP contribution in [0.4, 0.5) is 0 Å². The van der Waals surface area contributed by atoms with Crippen molar-refractivity contribution in [1.29, 1.82) is 0 Å². The number of thiophene rings is 1. The van der Waals surface area contributed by atoms with Gasteiger partial charge in [-0.3, -0.25) is 4.79 Å². The van der Waals surface area contributed by atoms with Crippen LogP contribution in [0, 0.1) is 5.41 Å². The van der Waals surface area contributed by atoms with Gasteiger partial charge in [0.2, 0.25) is 0 Å². The number of ether oxygens (including phenoxy) is 2. The molecule has 2 rings (SSSR count). The van der Waals surface area contributed by atoms with Crippen molar-refractivity contribution in [2.75, 3.05) is 13.7 Å². The standard InChI is InChI=1S/C15H21NO5S/c1-5-21-11-7-15(13(18)19,14(11,2)3)16-12(17)10-6-9(20-4)8-22-10/h6,8,11H,5,7H2,1-4H3,(H,16,17)(H,18,19). The van der Waals surface area contributed by atoms with Crippen LogP contribution in [-0.2, 0) is 9.53 Å². The lowest BCUT2D eigenvalue weighted by Gasteiger charge is -2.58. The maximum absolute atomic E-state index is 12.4. The Balaban J connectivity index is 2.20. The second-order valence-corrected chi connectivity index (χ2v) is 6.80. The molecule has 1 aliphatic carbocycles. The number of carboxylic acid groups (broad SMARTS) is 1. The van der Waals surface area contributed by atoms with E-state index in [1.54, 1.807) is 25.3 Å². The van der Waals surface area contributed by atoms with E-state index in [0.29, 0.717) is 17.2 Å².